The van der Waals surface area contributed by atoms with E-state index < -0.39 is 10.0 Å². The number of hydrogen-bond donors (Lipinski definition) is 1. The van der Waals surface area contributed by atoms with Crippen LogP contribution in [0.5, 0.6) is 0 Å². The molecule has 8 nitrogen and oxygen atoms in total. The van der Waals surface area contributed by atoms with Crippen molar-refractivity contribution in [1.29, 1.82) is 0 Å². The second kappa shape index (κ2) is 11.0. The number of carbonyl (C=O) groups excluding carboxylic acids is 1. The lowest BCUT2D eigenvalue weighted by molar-refractivity contribution is -0.118. The van der Waals surface area contributed by atoms with Crippen LogP contribution in [0.3, 0.4) is 0 Å². The van der Waals surface area contributed by atoms with Crippen LogP contribution in [0.15, 0.2) is 58.8 Å². The van der Waals surface area contributed by atoms with Gasteiger partial charge in [-0.25, -0.2) is 8.42 Å². The van der Waals surface area contributed by atoms with Crippen LogP contribution in [-0.2, 0) is 21.4 Å². The molecular weight excluding hydrogens is 458 g/mol. The highest BCUT2D eigenvalue weighted by Gasteiger charge is 2.21. The van der Waals surface area contributed by atoms with E-state index in [-0.39, 0.29) is 16.6 Å². The average Bonchev–Trinajstić information content (AvgIpc) is 3.27. The van der Waals surface area contributed by atoms with Gasteiger partial charge in [-0.1, -0.05) is 43.8 Å². The SMILES string of the molecule is CCN(CC)S(=O)(=O)c1ccc(CNC(=O)CSc2nncn2-c2ccc(C)c(C)c2)cc1. The van der Waals surface area contributed by atoms with Crippen molar-refractivity contribution in [1.82, 2.24) is 24.4 Å². The summed E-state index contributed by atoms with van der Waals surface area (Å²) in [6.45, 7) is 8.89. The van der Waals surface area contributed by atoms with Crippen molar-refractivity contribution in [2.45, 2.75) is 44.3 Å². The Morgan fingerprint density at radius 2 is 1.76 bits per heavy atom. The molecule has 0 spiro atoms. The minimum Gasteiger partial charge on any atom is -0.351 e. The predicted octanol–water partition coefficient (Wildman–Crippen LogP) is 3.32. The van der Waals surface area contributed by atoms with Crippen LogP contribution in [-0.4, -0.2) is 52.2 Å². The lowest BCUT2D eigenvalue weighted by Crippen LogP contribution is -2.30. The summed E-state index contributed by atoms with van der Waals surface area (Å²) in [6, 6.07) is 12.7. The lowest BCUT2D eigenvalue weighted by atomic mass is 10.1. The van der Waals surface area contributed by atoms with Crippen molar-refractivity contribution >= 4 is 27.7 Å². The maximum absolute atomic E-state index is 12.6. The number of amides is 1. The molecule has 0 radical (unpaired) electrons. The van der Waals surface area contributed by atoms with Crippen LogP contribution in [0.1, 0.15) is 30.5 Å². The Balaban J connectivity index is 1.56. The summed E-state index contributed by atoms with van der Waals surface area (Å²) >= 11 is 1.31. The Bertz CT molecular complexity index is 1200. The minimum atomic E-state index is -3.49. The highest BCUT2D eigenvalue weighted by Crippen LogP contribution is 2.21. The molecule has 1 heterocycles. The molecule has 1 aromatic heterocycles. The first-order valence-electron chi connectivity index (χ1n) is 10.7. The Morgan fingerprint density at radius 1 is 1.06 bits per heavy atom. The van der Waals surface area contributed by atoms with Crippen molar-refractivity contribution < 1.29 is 13.2 Å². The number of sulfonamides is 1. The van der Waals surface area contributed by atoms with E-state index >= 15 is 0 Å². The normalized spacial score (nSPS) is 11.7. The first kappa shape index (κ1) is 24.9. The van der Waals surface area contributed by atoms with Crippen molar-refractivity contribution in [2.24, 2.45) is 0 Å². The molecule has 0 fully saturated rings. The van der Waals surface area contributed by atoms with E-state index in [0.29, 0.717) is 24.8 Å². The summed E-state index contributed by atoms with van der Waals surface area (Å²) in [5.74, 6) is 0.0484. The third-order valence-corrected chi connectivity index (χ3v) is 8.38. The van der Waals surface area contributed by atoms with E-state index in [4.69, 9.17) is 0 Å². The van der Waals surface area contributed by atoms with E-state index in [1.165, 1.54) is 27.2 Å². The number of carbonyl (C=O) groups is 1. The molecule has 2 aromatic carbocycles. The highest BCUT2D eigenvalue weighted by atomic mass is 32.2. The standard InChI is InChI=1S/C23H29N5O3S2/c1-5-27(6-2)33(30,31)21-11-8-19(9-12-21)14-24-22(29)15-32-23-26-25-16-28(23)20-10-7-17(3)18(4)13-20/h7-13,16H,5-6,14-15H2,1-4H3,(H,24,29). The topological polar surface area (TPSA) is 97.2 Å². The lowest BCUT2D eigenvalue weighted by Gasteiger charge is -2.18. The quantitative estimate of drug-likeness (QED) is 0.441. The van der Waals surface area contributed by atoms with Gasteiger partial charge < -0.3 is 5.32 Å². The molecule has 1 amide bonds. The summed E-state index contributed by atoms with van der Waals surface area (Å²) < 4.78 is 28.4. The number of benzene rings is 2. The third-order valence-electron chi connectivity index (χ3n) is 5.37. The van der Waals surface area contributed by atoms with Gasteiger partial charge in [0.1, 0.15) is 6.33 Å². The molecule has 1 N–H and O–H groups in total. The van der Waals surface area contributed by atoms with Crippen LogP contribution >= 0.6 is 11.8 Å². The van der Waals surface area contributed by atoms with E-state index in [2.05, 4.69) is 35.4 Å². The molecule has 3 rings (SSSR count). The van der Waals surface area contributed by atoms with Crippen molar-refractivity contribution in [3.8, 4) is 5.69 Å². The van der Waals surface area contributed by atoms with E-state index in [1.807, 2.05) is 30.5 Å². The van der Waals surface area contributed by atoms with Gasteiger partial charge in [0.15, 0.2) is 5.16 Å². The molecule has 0 atom stereocenters. The van der Waals surface area contributed by atoms with Gasteiger partial charge in [0.2, 0.25) is 15.9 Å². The average molecular weight is 488 g/mol. The van der Waals surface area contributed by atoms with Gasteiger partial charge in [0.25, 0.3) is 0 Å². The molecule has 0 unspecified atom stereocenters. The second-order valence-electron chi connectivity index (χ2n) is 7.55. The molecule has 0 aliphatic rings. The Hall–Kier alpha value is -2.69. The molecule has 33 heavy (non-hydrogen) atoms. The van der Waals surface area contributed by atoms with Gasteiger partial charge in [0.05, 0.1) is 10.6 Å². The molecule has 0 aliphatic heterocycles. The Kier molecular flexibility index (Phi) is 8.28. The fraction of sp³-hybridized carbons (Fsp3) is 0.348. The maximum Gasteiger partial charge on any atom is 0.243 e. The van der Waals surface area contributed by atoms with Crippen molar-refractivity contribution in [2.75, 3.05) is 18.8 Å². The highest BCUT2D eigenvalue weighted by molar-refractivity contribution is 7.99. The summed E-state index contributed by atoms with van der Waals surface area (Å²) in [4.78, 5) is 12.6. The molecule has 176 valence electrons. The number of aryl methyl sites for hydroxylation is 2. The van der Waals surface area contributed by atoms with Crippen LogP contribution in [0.2, 0.25) is 0 Å². The zero-order chi connectivity index (χ0) is 24.0. The molecule has 0 saturated carbocycles. The summed E-state index contributed by atoms with van der Waals surface area (Å²) in [7, 11) is -3.49. The van der Waals surface area contributed by atoms with E-state index in [9.17, 15) is 13.2 Å². The Labute approximate surface area is 199 Å². The smallest absolute Gasteiger partial charge is 0.243 e. The summed E-state index contributed by atoms with van der Waals surface area (Å²) in [5, 5.41) is 11.6. The van der Waals surface area contributed by atoms with Gasteiger partial charge in [-0.15, -0.1) is 10.2 Å². The van der Waals surface area contributed by atoms with Gasteiger partial charge in [-0.05, 0) is 54.8 Å². The van der Waals surface area contributed by atoms with Crippen molar-refractivity contribution in [3.05, 3.63) is 65.5 Å². The number of thioether (sulfide) groups is 1. The third kappa shape index (κ3) is 6.01. The number of rotatable bonds is 10. The monoisotopic (exact) mass is 487 g/mol. The zero-order valence-corrected chi connectivity index (χ0v) is 20.9. The maximum atomic E-state index is 12.6. The van der Waals surface area contributed by atoms with E-state index in [0.717, 1.165) is 11.3 Å². The first-order chi connectivity index (χ1) is 15.8. The number of nitrogens with zero attached hydrogens (tertiary/aromatic N) is 4. The van der Waals surface area contributed by atoms with Crippen LogP contribution in [0.25, 0.3) is 5.69 Å². The molecule has 10 heteroatoms. The number of aromatic nitrogens is 3. The second-order valence-corrected chi connectivity index (χ2v) is 10.4. The van der Waals surface area contributed by atoms with Gasteiger partial charge in [-0.3, -0.25) is 9.36 Å². The van der Waals surface area contributed by atoms with Crippen LogP contribution < -0.4 is 5.32 Å². The van der Waals surface area contributed by atoms with Crippen molar-refractivity contribution in [3.63, 3.8) is 0 Å². The fourth-order valence-electron chi connectivity index (χ4n) is 3.25. The fourth-order valence-corrected chi connectivity index (χ4v) is 5.47. The van der Waals surface area contributed by atoms with Crippen LogP contribution in [0, 0.1) is 13.8 Å². The minimum absolute atomic E-state index is 0.144. The first-order valence-corrected chi connectivity index (χ1v) is 13.1. The van der Waals surface area contributed by atoms with E-state index in [1.54, 1.807) is 30.6 Å². The van der Waals surface area contributed by atoms with Gasteiger partial charge in [0, 0.05) is 25.3 Å². The molecule has 0 aliphatic carbocycles. The van der Waals surface area contributed by atoms with Gasteiger partial charge in [-0.2, -0.15) is 4.31 Å². The Morgan fingerprint density at radius 3 is 2.39 bits per heavy atom. The molecule has 0 bridgehead atoms. The summed E-state index contributed by atoms with van der Waals surface area (Å²) in [6.07, 6.45) is 1.64. The molecular formula is C23H29N5O3S2. The number of nitrogens with one attached hydrogen (secondary N) is 1. The summed E-state index contributed by atoms with van der Waals surface area (Å²) in [5.41, 5.74) is 4.15. The largest absolute Gasteiger partial charge is 0.351 e. The zero-order valence-electron chi connectivity index (χ0n) is 19.3. The van der Waals surface area contributed by atoms with Gasteiger partial charge >= 0.3 is 0 Å². The van der Waals surface area contributed by atoms with Crippen LogP contribution in [0.4, 0.5) is 0 Å². The number of hydrogen-bond acceptors (Lipinski definition) is 6. The predicted molar refractivity (Wildman–Crippen MR) is 130 cm³/mol. The molecule has 3 aromatic rings. The molecule has 0 saturated heterocycles.